The van der Waals surface area contributed by atoms with Crippen molar-refractivity contribution >= 4 is 0 Å². The van der Waals surface area contributed by atoms with Crippen LogP contribution in [0.2, 0.25) is 0 Å². The molecule has 2 nitrogen and oxygen atoms in total. The molecule has 1 aliphatic rings. The summed E-state index contributed by atoms with van der Waals surface area (Å²) in [6, 6.07) is 17.1. The Morgan fingerprint density at radius 3 is 2.19 bits per heavy atom. The van der Waals surface area contributed by atoms with E-state index >= 15 is 0 Å². The zero-order valence-electron chi connectivity index (χ0n) is 12.1. The molecular weight excluding hydrogens is 263 g/mol. The zero-order valence-corrected chi connectivity index (χ0v) is 12.1. The van der Waals surface area contributed by atoms with Crippen LogP contribution in [0.15, 0.2) is 54.6 Å². The second kappa shape index (κ2) is 5.96. The lowest BCUT2D eigenvalue weighted by Gasteiger charge is -2.38. The molecule has 3 heteroatoms. The third-order valence-electron chi connectivity index (χ3n) is 4.78. The van der Waals surface area contributed by atoms with Gasteiger partial charge < -0.3 is 0 Å². The molecule has 0 bridgehead atoms. The van der Waals surface area contributed by atoms with Crippen molar-refractivity contribution in [1.82, 2.24) is 5.43 Å². The van der Waals surface area contributed by atoms with Crippen LogP contribution < -0.4 is 11.3 Å². The Morgan fingerprint density at radius 2 is 1.57 bits per heavy atom. The lowest BCUT2D eigenvalue weighted by molar-refractivity contribution is 0.296. The smallest absolute Gasteiger partial charge is 0.128 e. The van der Waals surface area contributed by atoms with Gasteiger partial charge in [-0.05, 0) is 24.5 Å². The summed E-state index contributed by atoms with van der Waals surface area (Å²) in [7, 11) is 0. The Morgan fingerprint density at radius 1 is 0.952 bits per heavy atom. The number of hydrazine groups is 1. The van der Waals surface area contributed by atoms with E-state index in [1.165, 1.54) is 11.6 Å². The first-order valence-electron chi connectivity index (χ1n) is 7.54. The van der Waals surface area contributed by atoms with Crippen molar-refractivity contribution in [3.63, 3.8) is 0 Å². The first kappa shape index (κ1) is 14.2. The van der Waals surface area contributed by atoms with E-state index in [4.69, 9.17) is 5.84 Å². The molecule has 2 aromatic rings. The standard InChI is InChI=1S/C18H21FN2/c19-16-11-5-4-10-15(16)17(21-20)18(12-6-7-13-18)14-8-2-1-3-9-14/h1-5,8-11,17,21H,6-7,12-13,20H2. The van der Waals surface area contributed by atoms with Gasteiger partial charge in [0.2, 0.25) is 0 Å². The highest BCUT2D eigenvalue weighted by molar-refractivity contribution is 5.35. The maximum absolute atomic E-state index is 14.3. The Kier molecular flexibility index (Phi) is 4.04. The van der Waals surface area contributed by atoms with Crippen molar-refractivity contribution in [2.24, 2.45) is 5.84 Å². The molecule has 2 aromatic carbocycles. The van der Waals surface area contributed by atoms with Crippen LogP contribution in [0.25, 0.3) is 0 Å². The van der Waals surface area contributed by atoms with Crippen LogP contribution in [0.4, 0.5) is 4.39 Å². The van der Waals surface area contributed by atoms with Crippen molar-refractivity contribution in [3.05, 3.63) is 71.5 Å². The largest absolute Gasteiger partial charge is 0.271 e. The van der Waals surface area contributed by atoms with Crippen molar-refractivity contribution in [1.29, 1.82) is 0 Å². The molecule has 0 radical (unpaired) electrons. The van der Waals surface area contributed by atoms with Gasteiger partial charge in [-0.25, -0.2) is 4.39 Å². The molecule has 1 fully saturated rings. The third-order valence-corrected chi connectivity index (χ3v) is 4.78. The van der Waals surface area contributed by atoms with E-state index in [1.807, 2.05) is 30.3 Å². The quantitative estimate of drug-likeness (QED) is 0.661. The third kappa shape index (κ3) is 2.47. The first-order chi connectivity index (χ1) is 10.3. The van der Waals surface area contributed by atoms with Crippen LogP contribution in [0.3, 0.4) is 0 Å². The lowest BCUT2D eigenvalue weighted by Crippen LogP contribution is -2.43. The Balaban J connectivity index is 2.10. The molecule has 0 aromatic heterocycles. The summed E-state index contributed by atoms with van der Waals surface area (Å²) in [5, 5.41) is 0. The second-order valence-electron chi connectivity index (χ2n) is 5.85. The van der Waals surface area contributed by atoms with Gasteiger partial charge in [-0.3, -0.25) is 11.3 Å². The van der Waals surface area contributed by atoms with Gasteiger partial charge in [-0.1, -0.05) is 61.4 Å². The van der Waals surface area contributed by atoms with Gasteiger partial charge in [0.05, 0.1) is 6.04 Å². The van der Waals surface area contributed by atoms with Gasteiger partial charge >= 0.3 is 0 Å². The molecule has 0 heterocycles. The van der Waals surface area contributed by atoms with Crippen LogP contribution in [-0.2, 0) is 5.41 Å². The highest BCUT2D eigenvalue weighted by atomic mass is 19.1. The molecule has 110 valence electrons. The summed E-state index contributed by atoms with van der Waals surface area (Å²) in [4.78, 5) is 0. The predicted octanol–water partition coefficient (Wildman–Crippen LogP) is 3.84. The highest BCUT2D eigenvalue weighted by Crippen LogP contribution is 2.49. The molecule has 1 aliphatic carbocycles. The summed E-state index contributed by atoms with van der Waals surface area (Å²) < 4.78 is 14.3. The van der Waals surface area contributed by atoms with Crippen LogP contribution >= 0.6 is 0 Å². The Bertz CT molecular complexity index is 591. The number of hydrogen-bond acceptors (Lipinski definition) is 2. The van der Waals surface area contributed by atoms with Gasteiger partial charge in [0, 0.05) is 11.0 Å². The van der Waals surface area contributed by atoms with Crippen LogP contribution in [0, 0.1) is 5.82 Å². The minimum Gasteiger partial charge on any atom is -0.271 e. The summed E-state index contributed by atoms with van der Waals surface area (Å²) in [6.07, 6.45) is 4.36. The minimum atomic E-state index is -0.205. The fraction of sp³-hybridized carbons (Fsp3) is 0.333. The zero-order chi connectivity index (χ0) is 14.7. The lowest BCUT2D eigenvalue weighted by atomic mass is 9.70. The van der Waals surface area contributed by atoms with Crippen molar-refractivity contribution < 1.29 is 4.39 Å². The van der Waals surface area contributed by atoms with E-state index in [2.05, 4.69) is 17.6 Å². The van der Waals surface area contributed by atoms with E-state index in [-0.39, 0.29) is 17.3 Å². The molecule has 0 aliphatic heterocycles. The maximum atomic E-state index is 14.3. The van der Waals surface area contributed by atoms with Gasteiger partial charge in [0.25, 0.3) is 0 Å². The van der Waals surface area contributed by atoms with E-state index in [1.54, 1.807) is 6.07 Å². The van der Waals surface area contributed by atoms with Gasteiger partial charge in [0.15, 0.2) is 0 Å². The molecule has 1 saturated carbocycles. The van der Waals surface area contributed by atoms with E-state index in [0.717, 1.165) is 25.7 Å². The molecule has 3 rings (SSSR count). The molecule has 3 N–H and O–H groups in total. The van der Waals surface area contributed by atoms with Crippen LogP contribution in [-0.4, -0.2) is 0 Å². The fourth-order valence-corrected chi connectivity index (χ4v) is 3.78. The monoisotopic (exact) mass is 284 g/mol. The number of hydrogen-bond donors (Lipinski definition) is 2. The fourth-order valence-electron chi connectivity index (χ4n) is 3.78. The van der Waals surface area contributed by atoms with Crippen LogP contribution in [0.5, 0.6) is 0 Å². The summed E-state index contributed by atoms with van der Waals surface area (Å²) >= 11 is 0. The number of rotatable bonds is 4. The highest BCUT2D eigenvalue weighted by Gasteiger charge is 2.43. The minimum absolute atomic E-state index is 0.127. The molecule has 0 amide bonds. The molecule has 1 unspecified atom stereocenters. The summed E-state index contributed by atoms with van der Waals surface area (Å²) in [5.74, 6) is 5.67. The second-order valence-corrected chi connectivity index (χ2v) is 5.85. The average molecular weight is 284 g/mol. The number of nitrogens with one attached hydrogen (secondary N) is 1. The van der Waals surface area contributed by atoms with E-state index in [9.17, 15) is 4.39 Å². The van der Waals surface area contributed by atoms with Crippen molar-refractivity contribution in [2.75, 3.05) is 0 Å². The molecule has 0 saturated heterocycles. The van der Waals surface area contributed by atoms with Gasteiger partial charge in [0.1, 0.15) is 5.82 Å². The molecule has 1 atom stereocenters. The van der Waals surface area contributed by atoms with Crippen molar-refractivity contribution in [2.45, 2.75) is 37.1 Å². The van der Waals surface area contributed by atoms with Crippen molar-refractivity contribution in [3.8, 4) is 0 Å². The molecular formula is C18H21FN2. The number of benzene rings is 2. The normalized spacial score (nSPS) is 18.6. The van der Waals surface area contributed by atoms with E-state index in [0.29, 0.717) is 5.56 Å². The van der Waals surface area contributed by atoms with E-state index < -0.39 is 0 Å². The predicted molar refractivity (Wildman–Crippen MR) is 83.1 cm³/mol. The average Bonchev–Trinajstić information content (AvgIpc) is 3.01. The molecule has 0 spiro atoms. The number of nitrogens with two attached hydrogens (primary N) is 1. The summed E-state index contributed by atoms with van der Waals surface area (Å²) in [5.41, 5.74) is 4.68. The van der Waals surface area contributed by atoms with Gasteiger partial charge in [-0.2, -0.15) is 0 Å². The maximum Gasteiger partial charge on any atom is 0.128 e. The van der Waals surface area contributed by atoms with Crippen LogP contribution in [0.1, 0.15) is 42.9 Å². The summed E-state index contributed by atoms with van der Waals surface area (Å²) in [6.45, 7) is 0. The molecule has 21 heavy (non-hydrogen) atoms. The van der Waals surface area contributed by atoms with Gasteiger partial charge in [-0.15, -0.1) is 0 Å². The topological polar surface area (TPSA) is 38.0 Å². The first-order valence-corrected chi connectivity index (χ1v) is 7.54. The Hall–Kier alpha value is -1.71. The Labute approximate surface area is 125 Å². The number of halogens is 1. The SMILES string of the molecule is NNC(c1ccccc1F)C1(c2ccccc2)CCCC1.